The molecule has 29 heavy (non-hydrogen) atoms. The minimum absolute atomic E-state index is 0.194. The van der Waals surface area contributed by atoms with Gasteiger partial charge in [-0.2, -0.15) is 9.37 Å². The molecule has 0 aliphatic carbocycles. The van der Waals surface area contributed by atoms with Crippen molar-refractivity contribution in [2.24, 2.45) is 0 Å². The molecule has 9 nitrogen and oxygen atoms in total. The number of imidazole rings is 1. The number of fused-ring (bicyclic) bond motifs is 6. The highest BCUT2D eigenvalue weighted by atomic mass is 19.1. The van der Waals surface area contributed by atoms with Gasteiger partial charge in [0.15, 0.2) is 5.65 Å². The number of nitrogens with zero attached hydrogens (tertiary/aromatic N) is 7. The van der Waals surface area contributed by atoms with E-state index in [0.717, 1.165) is 18.2 Å². The van der Waals surface area contributed by atoms with Crippen LogP contribution in [0.4, 0.5) is 4.39 Å². The first-order valence-corrected chi connectivity index (χ1v) is 9.32. The normalized spacial score (nSPS) is 19.1. The van der Waals surface area contributed by atoms with Crippen LogP contribution in [-0.2, 0) is 4.74 Å². The second-order valence-corrected chi connectivity index (χ2v) is 7.78. The van der Waals surface area contributed by atoms with Gasteiger partial charge in [-0.1, -0.05) is 17.3 Å². The Morgan fingerprint density at radius 1 is 1.17 bits per heavy atom. The van der Waals surface area contributed by atoms with Gasteiger partial charge >= 0.3 is 0 Å². The first-order valence-electron chi connectivity index (χ1n) is 9.32. The molecule has 6 rings (SSSR count). The molecule has 1 unspecified atom stereocenters. The fourth-order valence-electron chi connectivity index (χ4n) is 3.99. The van der Waals surface area contributed by atoms with Crippen molar-refractivity contribution in [1.82, 2.24) is 34.1 Å². The third kappa shape index (κ3) is 2.32. The van der Waals surface area contributed by atoms with E-state index in [9.17, 15) is 4.39 Å². The summed E-state index contributed by atoms with van der Waals surface area (Å²) in [6.07, 6.45) is 2.31. The largest absolute Gasteiger partial charge is 0.364 e. The van der Waals surface area contributed by atoms with Gasteiger partial charge in [0.25, 0.3) is 12.0 Å². The Labute approximate surface area is 163 Å². The SMILES string of the molecule is CC1(C)CCC(c2noc(-c3nnc4c5ccccc5n5c(F)ncc5n34)n2)O1. The van der Waals surface area contributed by atoms with Crippen LogP contribution in [0, 0.1) is 6.08 Å². The zero-order valence-electron chi connectivity index (χ0n) is 15.7. The quantitative estimate of drug-likeness (QED) is 0.454. The van der Waals surface area contributed by atoms with Crippen LogP contribution in [0.2, 0.25) is 0 Å². The number of para-hydroxylation sites is 1. The number of halogens is 1. The molecule has 146 valence electrons. The summed E-state index contributed by atoms with van der Waals surface area (Å²) in [6.45, 7) is 4.08. The van der Waals surface area contributed by atoms with E-state index in [2.05, 4.69) is 25.3 Å². The topological polar surface area (TPSA) is 95.6 Å². The van der Waals surface area contributed by atoms with Crippen molar-refractivity contribution in [3.8, 4) is 11.7 Å². The fraction of sp³-hybridized carbons (Fsp3) is 0.316. The Morgan fingerprint density at radius 3 is 2.86 bits per heavy atom. The van der Waals surface area contributed by atoms with Gasteiger partial charge < -0.3 is 9.26 Å². The Bertz CT molecular complexity index is 1400. The lowest BCUT2D eigenvalue weighted by Crippen LogP contribution is -2.17. The Morgan fingerprint density at radius 2 is 2.03 bits per heavy atom. The molecule has 1 atom stereocenters. The van der Waals surface area contributed by atoms with Crippen molar-refractivity contribution >= 4 is 22.2 Å². The Balaban J connectivity index is 1.57. The van der Waals surface area contributed by atoms with Crippen LogP contribution in [0.1, 0.15) is 38.6 Å². The first kappa shape index (κ1) is 16.5. The van der Waals surface area contributed by atoms with Crippen molar-refractivity contribution in [3.05, 3.63) is 42.4 Å². The molecular weight excluding hydrogens is 377 g/mol. The fourth-order valence-corrected chi connectivity index (χ4v) is 3.99. The summed E-state index contributed by atoms with van der Waals surface area (Å²) in [7, 11) is 0. The van der Waals surface area contributed by atoms with Gasteiger partial charge in [-0.15, -0.1) is 10.2 Å². The van der Waals surface area contributed by atoms with Crippen molar-refractivity contribution in [2.75, 3.05) is 0 Å². The van der Waals surface area contributed by atoms with Gasteiger partial charge in [0, 0.05) is 5.39 Å². The maximum atomic E-state index is 14.5. The maximum Gasteiger partial charge on any atom is 0.296 e. The van der Waals surface area contributed by atoms with E-state index >= 15 is 0 Å². The highest BCUT2D eigenvalue weighted by Gasteiger charge is 2.35. The Hall–Kier alpha value is -3.40. The van der Waals surface area contributed by atoms with E-state index in [1.54, 1.807) is 4.40 Å². The molecule has 0 radical (unpaired) electrons. The number of ether oxygens (including phenoxy) is 1. The summed E-state index contributed by atoms with van der Waals surface area (Å²) in [6, 6.07) is 7.37. The van der Waals surface area contributed by atoms with Gasteiger partial charge in [0.1, 0.15) is 11.8 Å². The predicted molar refractivity (Wildman–Crippen MR) is 99.6 cm³/mol. The third-order valence-electron chi connectivity index (χ3n) is 5.37. The van der Waals surface area contributed by atoms with Gasteiger partial charge in [-0.3, -0.25) is 8.80 Å². The van der Waals surface area contributed by atoms with Crippen molar-refractivity contribution in [3.63, 3.8) is 0 Å². The van der Waals surface area contributed by atoms with E-state index in [0.29, 0.717) is 28.5 Å². The molecule has 1 saturated heterocycles. The molecule has 1 fully saturated rings. The molecule has 1 aliphatic heterocycles. The zero-order valence-corrected chi connectivity index (χ0v) is 15.7. The summed E-state index contributed by atoms with van der Waals surface area (Å²) in [5.74, 6) is 0.991. The van der Waals surface area contributed by atoms with Gasteiger partial charge in [0.2, 0.25) is 11.6 Å². The summed E-state index contributed by atoms with van der Waals surface area (Å²) >= 11 is 0. The van der Waals surface area contributed by atoms with Gasteiger partial charge in [-0.25, -0.2) is 4.98 Å². The lowest BCUT2D eigenvalue weighted by molar-refractivity contribution is -0.0207. The van der Waals surface area contributed by atoms with E-state index in [4.69, 9.17) is 9.26 Å². The Kier molecular flexibility index (Phi) is 3.18. The molecule has 0 bridgehead atoms. The number of benzene rings is 1. The minimum atomic E-state index is -0.620. The minimum Gasteiger partial charge on any atom is -0.364 e. The predicted octanol–water partition coefficient (Wildman–Crippen LogP) is 3.35. The van der Waals surface area contributed by atoms with Crippen LogP contribution in [0.25, 0.3) is 33.9 Å². The second-order valence-electron chi connectivity index (χ2n) is 7.78. The molecule has 5 aromatic rings. The molecule has 5 heterocycles. The molecule has 0 N–H and O–H groups in total. The van der Waals surface area contributed by atoms with Gasteiger partial charge in [0.05, 0.1) is 17.3 Å². The van der Waals surface area contributed by atoms with Crippen LogP contribution < -0.4 is 0 Å². The molecule has 10 heteroatoms. The van der Waals surface area contributed by atoms with Gasteiger partial charge in [-0.05, 0) is 38.8 Å². The number of hydrogen-bond donors (Lipinski definition) is 0. The molecule has 4 aromatic heterocycles. The molecule has 0 spiro atoms. The lowest BCUT2D eigenvalue weighted by Gasteiger charge is -2.17. The van der Waals surface area contributed by atoms with Crippen LogP contribution in [-0.4, -0.2) is 39.7 Å². The maximum absolute atomic E-state index is 14.5. The summed E-state index contributed by atoms with van der Waals surface area (Å²) in [4.78, 5) is 8.32. The van der Waals surface area contributed by atoms with Crippen molar-refractivity contribution in [1.29, 1.82) is 0 Å². The molecule has 1 aliphatic rings. The average molecular weight is 393 g/mol. The van der Waals surface area contributed by atoms with E-state index in [1.165, 1.54) is 10.6 Å². The van der Waals surface area contributed by atoms with E-state index < -0.39 is 6.08 Å². The van der Waals surface area contributed by atoms with Crippen LogP contribution in [0.15, 0.2) is 35.0 Å². The molecule has 0 amide bonds. The zero-order chi connectivity index (χ0) is 19.8. The first-order chi connectivity index (χ1) is 14.0. The van der Waals surface area contributed by atoms with Crippen LogP contribution in [0.5, 0.6) is 0 Å². The average Bonchev–Trinajstić information content (AvgIpc) is 3.46. The van der Waals surface area contributed by atoms with Crippen LogP contribution in [0.3, 0.4) is 0 Å². The van der Waals surface area contributed by atoms with Crippen molar-refractivity contribution in [2.45, 2.75) is 38.4 Å². The second kappa shape index (κ2) is 5.57. The van der Waals surface area contributed by atoms with E-state index in [-0.39, 0.29) is 17.6 Å². The monoisotopic (exact) mass is 393 g/mol. The number of aromatic nitrogens is 7. The van der Waals surface area contributed by atoms with Crippen molar-refractivity contribution < 1.29 is 13.7 Å². The molecular formula is C19H16FN7O2. The third-order valence-corrected chi connectivity index (χ3v) is 5.37. The highest BCUT2D eigenvalue weighted by molar-refractivity contribution is 5.94. The summed E-state index contributed by atoms with van der Waals surface area (Å²) in [5, 5.41) is 13.4. The lowest BCUT2D eigenvalue weighted by atomic mass is 10.1. The summed E-state index contributed by atoms with van der Waals surface area (Å²) in [5.41, 5.74) is 1.46. The van der Waals surface area contributed by atoms with E-state index in [1.807, 2.05) is 38.1 Å². The molecule has 0 saturated carbocycles. The van der Waals surface area contributed by atoms with Crippen LogP contribution >= 0.6 is 0 Å². The summed E-state index contributed by atoms with van der Waals surface area (Å²) < 4.78 is 29.0. The molecule has 1 aromatic carbocycles. The standard InChI is InChI=1S/C19H16FN7O2/c1-19(2)8-7-12(28-19)14-22-17(29-25-14)16-24-23-15-10-5-3-4-6-11(10)26-13(27(15)16)9-21-18(26)20/h3-6,9,12H,7-8H2,1-2H3. The number of rotatable bonds is 2. The highest BCUT2D eigenvalue weighted by Crippen LogP contribution is 2.38. The smallest absolute Gasteiger partial charge is 0.296 e. The number of hydrogen-bond acceptors (Lipinski definition) is 7.